The third kappa shape index (κ3) is 4.08. The molecule has 7 heteroatoms. The second-order valence-electron chi connectivity index (χ2n) is 6.36. The molecule has 0 aliphatic rings. The summed E-state index contributed by atoms with van der Waals surface area (Å²) in [7, 11) is 3.10. The predicted molar refractivity (Wildman–Crippen MR) is 105 cm³/mol. The number of aromatic nitrogens is 1. The van der Waals surface area contributed by atoms with Crippen molar-refractivity contribution in [2.45, 2.75) is 13.0 Å². The van der Waals surface area contributed by atoms with Gasteiger partial charge in [-0.1, -0.05) is 29.4 Å². The van der Waals surface area contributed by atoms with Gasteiger partial charge in [-0.25, -0.2) is 0 Å². The number of carbonyl (C=O) groups excluding carboxylic acids is 1. The summed E-state index contributed by atoms with van der Waals surface area (Å²) in [4.78, 5) is 12.2. The van der Waals surface area contributed by atoms with Crippen molar-refractivity contribution in [2.24, 2.45) is 0 Å². The van der Waals surface area contributed by atoms with Gasteiger partial charge in [0.05, 0.1) is 20.6 Å². The molecule has 0 bridgehead atoms. The molecule has 2 aromatic carbocycles. The van der Waals surface area contributed by atoms with Crippen LogP contribution in [-0.2, 0) is 22.6 Å². The van der Waals surface area contributed by atoms with E-state index in [1.165, 1.54) is 0 Å². The molecule has 0 fully saturated rings. The number of ether oxygens (including phenoxy) is 3. The Morgan fingerprint density at radius 1 is 0.966 bits per heavy atom. The third-order valence-corrected chi connectivity index (χ3v) is 4.40. The van der Waals surface area contributed by atoms with Crippen LogP contribution in [0.25, 0.3) is 22.5 Å². The topological polar surface area (TPSA) is 83.9 Å². The number of benzene rings is 2. The highest BCUT2D eigenvalue weighted by Gasteiger charge is 2.14. The third-order valence-electron chi connectivity index (χ3n) is 4.40. The normalized spacial score (nSPS) is 10.8. The molecule has 0 aliphatic carbocycles. The van der Waals surface area contributed by atoms with Crippen LogP contribution >= 0.6 is 0 Å². The molecule has 0 unspecified atom stereocenters. The van der Waals surface area contributed by atoms with Gasteiger partial charge >= 0.3 is 5.97 Å². The largest absolute Gasteiger partial charge is 0.493 e. The average molecular weight is 393 g/mol. The molecule has 148 valence electrons. The Bertz CT molecular complexity index is 1110. The van der Waals surface area contributed by atoms with Gasteiger partial charge in [-0.15, -0.1) is 0 Å². The van der Waals surface area contributed by atoms with Gasteiger partial charge in [-0.05, 0) is 29.8 Å². The zero-order chi connectivity index (χ0) is 20.2. The van der Waals surface area contributed by atoms with Crippen molar-refractivity contribution in [2.75, 3.05) is 14.2 Å². The molecule has 4 rings (SSSR count). The van der Waals surface area contributed by atoms with Gasteiger partial charge in [-0.3, -0.25) is 4.79 Å². The molecule has 0 atom stereocenters. The van der Waals surface area contributed by atoms with Gasteiger partial charge in [0, 0.05) is 11.5 Å². The molecular weight excluding hydrogens is 374 g/mol. The molecule has 2 aromatic heterocycles. The Hall–Kier alpha value is -3.74. The van der Waals surface area contributed by atoms with E-state index in [1.54, 1.807) is 38.5 Å². The van der Waals surface area contributed by atoms with Gasteiger partial charge in [0.2, 0.25) is 5.76 Å². The van der Waals surface area contributed by atoms with Crippen LogP contribution in [0.4, 0.5) is 0 Å². The van der Waals surface area contributed by atoms with Crippen molar-refractivity contribution in [3.05, 3.63) is 65.9 Å². The fourth-order valence-electron chi connectivity index (χ4n) is 2.96. The summed E-state index contributed by atoms with van der Waals surface area (Å²) in [6, 6.07) is 16.5. The van der Waals surface area contributed by atoms with Crippen LogP contribution in [0, 0.1) is 0 Å². The lowest BCUT2D eigenvalue weighted by atomic mass is 10.1. The Kier molecular flexibility index (Phi) is 5.20. The number of furan rings is 1. The van der Waals surface area contributed by atoms with Crippen LogP contribution in [-0.4, -0.2) is 25.3 Å². The molecule has 29 heavy (non-hydrogen) atoms. The van der Waals surface area contributed by atoms with Gasteiger partial charge in [0.25, 0.3) is 0 Å². The Balaban J connectivity index is 1.37. The first-order valence-electron chi connectivity index (χ1n) is 8.97. The van der Waals surface area contributed by atoms with Crippen LogP contribution in [0.5, 0.6) is 11.5 Å². The van der Waals surface area contributed by atoms with E-state index < -0.39 is 0 Å². The number of esters is 1. The van der Waals surface area contributed by atoms with Crippen molar-refractivity contribution >= 4 is 16.9 Å². The number of para-hydroxylation sites is 1. The Morgan fingerprint density at radius 2 is 1.79 bits per heavy atom. The first-order chi connectivity index (χ1) is 14.2. The SMILES string of the molecule is COc1ccc(CC(=O)OCc2cc(-c3cc4ccccc4o3)on2)cc1OC. The van der Waals surface area contributed by atoms with Crippen LogP contribution < -0.4 is 9.47 Å². The van der Waals surface area contributed by atoms with E-state index in [9.17, 15) is 4.79 Å². The number of nitrogens with zero attached hydrogens (tertiary/aromatic N) is 1. The summed E-state index contributed by atoms with van der Waals surface area (Å²) < 4.78 is 26.8. The monoisotopic (exact) mass is 393 g/mol. The smallest absolute Gasteiger partial charge is 0.310 e. The molecule has 0 saturated heterocycles. The van der Waals surface area contributed by atoms with Crippen LogP contribution in [0.3, 0.4) is 0 Å². The molecule has 0 spiro atoms. The fourth-order valence-corrected chi connectivity index (χ4v) is 2.96. The van der Waals surface area contributed by atoms with E-state index in [-0.39, 0.29) is 19.0 Å². The number of methoxy groups -OCH3 is 2. The maximum atomic E-state index is 12.2. The van der Waals surface area contributed by atoms with Crippen molar-refractivity contribution in [1.82, 2.24) is 5.16 Å². The summed E-state index contributed by atoms with van der Waals surface area (Å²) in [5.41, 5.74) is 2.03. The zero-order valence-corrected chi connectivity index (χ0v) is 16.0. The van der Waals surface area contributed by atoms with Crippen molar-refractivity contribution in [3.63, 3.8) is 0 Å². The molecule has 0 radical (unpaired) electrons. The summed E-state index contributed by atoms with van der Waals surface area (Å²) in [5, 5.41) is 4.92. The van der Waals surface area contributed by atoms with E-state index >= 15 is 0 Å². The number of rotatable bonds is 7. The maximum absolute atomic E-state index is 12.2. The molecule has 0 N–H and O–H groups in total. The molecule has 4 aromatic rings. The van der Waals surface area contributed by atoms with Gasteiger partial charge in [-0.2, -0.15) is 0 Å². The zero-order valence-electron chi connectivity index (χ0n) is 16.0. The van der Waals surface area contributed by atoms with Crippen molar-refractivity contribution in [1.29, 1.82) is 0 Å². The van der Waals surface area contributed by atoms with Gasteiger partial charge < -0.3 is 23.2 Å². The minimum absolute atomic E-state index is 0.00977. The van der Waals surface area contributed by atoms with Crippen LogP contribution in [0.2, 0.25) is 0 Å². The average Bonchev–Trinajstić information content (AvgIpc) is 3.39. The number of fused-ring (bicyclic) bond motifs is 1. The standard InChI is InChI=1S/C22H19NO6/c1-25-18-8-7-14(9-19(18)26-2)10-22(24)27-13-16-12-21(29-23-16)20-11-15-5-3-4-6-17(15)28-20/h3-9,11-12H,10,13H2,1-2H3. The number of hydrogen-bond donors (Lipinski definition) is 0. The molecular formula is C22H19NO6. The lowest BCUT2D eigenvalue weighted by Gasteiger charge is -2.09. The summed E-state index contributed by atoms with van der Waals surface area (Å²) in [5.74, 6) is 1.83. The minimum Gasteiger partial charge on any atom is -0.493 e. The summed E-state index contributed by atoms with van der Waals surface area (Å²) in [6.07, 6.45) is 0.106. The second kappa shape index (κ2) is 8.10. The highest BCUT2D eigenvalue weighted by Crippen LogP contribution is 2.29. The molecule has 0 saturated carbocycles. The molecule has 0 aliphatic heterocycles. The quantitative estimate of drug-likeness (QED) is 0.431. The van der Waals surface area contributed by atoms with E-state index in [0.29, 0.717) is 28.7 Å². The lowest BCUT2D eigenvalue weighted by Crippen LogP contribution is -2.08. The minimum atomic E-state index is -0.384. The predicted octanol–water partition coefficient (Wildman–Crippen LogP) is 4.39. The molecule has 2 heterocycles. The first-order valence-corrected chi connectivity index (χ1v) is 8.97. The first kappa shape index (κ1) is 18.6. The van der Waals surface area contributed by atoms with Crippen molar-refractivity contribution in [3.8, 4) is 23.0 Å². The van der Waals surface area contributed by atoms with Crippen molar-refractivity contribution < 1.29 is 27.9 Å². The lowest BCUT2D eigenvalue weighted by molar-refractivity contribution is -0.144. The summed E-state index contributed by atoms with van der Waals surface area (Å²) >= 11 is 0. The van der Waals surface area contributed by atoms with E-state index in [1.807, 2.05) is 30.3 Å². The second-order valence-corrected chi connectivity index (χ2v) is 6.36. The van der Waals surface area contributed by atoms with E-state index in [0.717, 1.165) is 16.5 Å². The van der Waals surface area contributed by atoms with Gasteiger partial charge in [0.15, 0.2) is 17.3 Å². The number of carbonyl (C=O) groups is 1. The summed E-state index contributed by atoms with van der Waals surface area (Å²) in [6.45, 7) is 0.00977. The van der Waals surface area contributed by atoms with Gasteiger partial charge in [0.1, 0.15) is 17.9 Å². The molecule has 0 amide bonds. The van der Waals surface area contributed by atoms with Crippen LogP contribution in [0.15, 0.2) is 63.5 Å². The highest BCUT2D eigenvalue weighted by molar-refractivity contribution is 5.81. The number of hydrogen-bond acceptors (Lipinski definition) is 7. The Morgan fingerprint density at radius 3 is 2.59 bits per heavy atom. The Labute approximate surface area is 166 Å². The van der Waals surface area contributed by atoms with E-state index in [4.69, 9.17) is 23.2 Å². The molecule has 7 nitrogen and oxygen atoms in total. The highest BCUT2D eigenvalue weighted by atomic mass is 16.5. The maximum Gasteiger partial charge on any atom is 0.310 e. The van der Waals surface area contributed by atoms with Crippen LogP contribution in [0.1, 0.15) is 11.3 Å². The van der Waals surface area contributed by atoms with E-state index in [2.05, 4.69) is 5.16 Å². The fraction of sp³-hybridized carbons (Fsp3) is 0.182.